The van der Waals surface area contributed by atoms with Crippen LogP contribution in [0.25, 0.3) is 0 Å². The Bertz CT molecular complexity index is 556. The van der Waals surface area contributed by atoms with Crippen LogP contribution in [0.15, 0.2) is 0 Å². The molecule has 1 N–H and O–H groups in total. The summed E-state index contributed by atoms with van der Waals surface area (Å²) >= 11 is 0. The van der Waals surface area contributed by atoms with Crippen molar-refractivity contribution in [3.05, 3.63) is 0 Å². The van der Waals surface area contributed by atoms with E-state index < -0.39 is 27.2 Å². The van der Waals surface area contributed by atoms with Gasteiger partial charge in [-0.05, 0) is 43.4 Å². The molecule has 126 valence electrons. The minimum absolute atomic E-state index is 0.283. The largest absolute Gasteiger partial charge is 0.285 e. The van der Waals surface area contributed by atoms with Crippen LogP contribution < -0.4 is 0 Å². The molecule has 0 aromatic heterocycles. The molecule has 2 rings (SSSR count). The Labute approximate surface area is 132 Å². The lowest BCUT2D eigenvalue weighted by Crippen LogP contribution is -2.46. The van der Waals surface area contributed by atoms with E-state index in [1.54, 1.807) is 0 Å². The average molecular weight is 331 g/mol. The number of hydrogen-bond acceptors (Lipinski definition) is 4. The third kappa shape index (κ3) is 3.68. The van der Waals surface area contributed by atoms with Gasteiger partial charge in [0.05, 0.1) is 5.75 Å². The topological polar surface area (TPSA) is 91.8 Å². The molecule has 6 nitrogen and oxygen atoms in total. The molecule has 0 spiro atoms. The van der Waals surface area contributed by atoms with Crippen LogP contribution in [0.1, 0.15) is 46.5 Å². The van der Waals surface area contributed by atoms with E-state index in [-0.39, 0.29) is 12.5 Å². The SMILES string of the molecule is CC(=O)N(CCS(=O)(=O)O)C(=O)C1(C)CC2CC(C)CC2C1. The minimum atomic E-state index is -4.20. The lowest BCUT2D eigenvalue weighted by Gasteiger charge is -2.30. The molecule has 2 unspecified atom stereocenters. The van der Waals surface area contributed by atoms with Crippen LogP contribution in [-0.4, -0.2) is 42.0 Å². The Morgan fingerprint density at radius 1 is 1.23 bits per heavy atom. The van der Waals surface area contributed by atoms with E-state index in [0.717, 1.165) is 30.6 Å². The first kappa shape index (κ1) is 17.4. The van der Waals surface area contributed by atoms with Crippen LogP contribution in [0.2, 0.25) is 0 Å². The second-order valence-electron chi connectivity index (χ2n) is 7.33. The molecule has 0 heterocycles. The molecule has 0 aromatic carbocycles. The Kier molecular flexibility index (Phi) is 4.69. The summed E-state index contributed by atoms with van der Waals surface area (Å²) < 4.78 is 30.6. The highest BCUT2D eigenvalue weighted by Gasteiger charge is 2.51. The Morgan fingerprint density at radius 2 is 1.73 bits per heavy atom. The van der Waals surface area contributed by atoms with Gasteiger partial charge in [0.1, 0.15) is 0 Å². The first-order valence-electron chi connectivity index (χ1n) is 7.79. The molecule has 7 heteroatoms. The third-order valence-corrected chi connectivity index (χ3v) is 5.92. The number of hydrogen-bond donors (Lipinski definition) is 1. The summed E-state index contributed by atoms with van der Waals surface area (Å²) in [5.74, 6) is 0.362. The Hall–Kier alpha value is -0.950. The number of carbonyl (C=O) groups excluding carboxylic acids is 2. The van der Waals surface area contributed by atoms with Crippen molar-refractivity contribution < 1.29 is 22.6 Å². The van der Waals surface area contributed by atoms with Gasteiger partial charge in [0.15, 0.2) is 0 Å². The maximum atomic E-state index is 12.8. The number of nitrogens with zero attached hydrogens (tertiary/aromatic N) is 1. The van der Waals surface area contributed by atoms with E-state index in [4.69, 9.17) is 4.55 Å². The predicted octanol–water partition coefficient (Wildman–Crippen LogP) is 1.71. The van der Waals surface area contributed by atoms with Gasteiger partial charge in [0.2, 0.25) is 11.8 Å². The number of amides is 2. The molecule has 0 aliphatic heterocycles. The molecule has 2 atom stereocenters. The zero-order chi connectivity index (χ0) is 16.7. The van der Waals surface area contributed by atoms with Crippen LogP contribution in [0.4, 0.5) is 0 Å². The molecular formula is C15H25NO5S. The summed E-state index contributed by atoms with van der Waals surface area (Å²) in [6, 6.07) is 0. The van der Waals surface area contributed by atoms with Crippen molar-refractivity contribution in [1.82, 2.24) is 4.90 Å². The van der Waals surface area contributed by atoms with E-state index in [1.807, 2.05) is 6.92 Å². The fourth-order valence-corrected chi connectivity index (χ4v) is 4.78. The molecule has 22 heavy (non-hydrogen) atoms. The molecule has 0 aromatic rings. The number of imide groups is 1. The van der Waals surface area contributed by atoms with E-state index in [9.17, 15) is 18.0 Å². The predicted molar refractivity (Wildman–Crippen MR) is 81.5 cm³/mol. The van der Waals surface area contributed by atoms with Gasteiger partial charge in [0.25, 0.3) is 10.1 Å². The highest BCUT2D eigenvalue weighted by atomic mass is 32.2. The number of carbonyl (C=O) groups is 2. The van der Waals surface area contributed by atoms with Crippen molar-refractivity contribution >= 4 is 21.9 Å². The third-order valence-electron chi connectivity index (χ3n) is 5.22. The summed E-state index contributed by atoms with van der Waals surface area (Å²) in [6.07, 6.45) is 3.77. The van der Waals surface area contributed by atoms with E-state index >= 15 is 0 Å². The molecule has 0 radical (unpaired) electrons. The minimum Gasteiger partial charge on any atom is -0.285 e. The zero-order valence-corrected chi connectivity index (χ0v) is 14.2. The molecule has 2 aliphatic rings. The lowest BCUT2D eigenvalue weighted by atomic mass is 9.83. The first-order valence-corrected chi connectivity index (χ1v) is 9.40. The summed E-state index contributed by atoms with van der Waals surface area (Å²) in [7, 11) is -4.20. The summed E-state index contributed by atoms with van der Waals surface area (Å²) in [5.41, 5.74) is -0.597. The fourth-order valence-electron chi connectivity index (χ4n) is 4.36. The maximum Gasteiger partial charge on any atom is 0.266 e. The van der Waals surface area contributed by atoms with Crippen LogP contribution >= 0.6 is 0 Å². The molecule has 0 saturated heterocycles. The van der Waals surface area contributed by atoms with Gasteiger partial charge in [-0.2, -0.15) is 8.42 Å². The van der Waals surface area contributed by atoms with Crippen molar-refractivity contribution in [2.24, 2.45) is 23.2 Å². The van der Waals surface area contributed by atoms with Crippen LogP contribution in [-0.2, 0) is 19.7 Å². The molecule has 2 aliphatic carbocycles. The van der Waals surface area contributed by atoms with Crippen molar-refractivity contribution in [3.63, 3.8) is 0 Å². The van der Waals surface area contributed by atoms with Crippen molar-refractivity contribution in [2.75, 3.05) is 12.3 Å². The van der Waals surface area contributed by atoms with Gasteiger partial charge in [-0.3, -0.25) is 19.0 Å². The highest BCUT2D eigenvalue weighted by Crippen LogP contribution is 2.55. The Morgan fingerprint density at radius 3 is 2.14 bits per heavy atom. The van der Waals surface area contributed by atoms with Crippen molar-refractivity contribution in [2.45, 2.75) is 46.5 Å². The van der Waals surface area contributed by atoms with E-state index in [1.165, 1.54) is 6.92 Å². The van der Waals surface area contributed by atoms with Gasteiger partial charge in [0, 0.05) is 18.9 Å². The van der Waals surface area contributed by atoms with E-state index in [2.05, 4.69) is 6.92 Å². The molecule has 2 amide bonds. The molecule has 0 bridgehead atoms. The highest BCUT2D eigenvalue weighted by molar-refractivity contribution is 7.85. The van der Waals surface area contributed by atoms with Gasteiger partial charge in [-0.25, -0.2) is 0 Å². The second kappa shape index (κ2) is 5.92. The summed E-state index contributed by atoms with van der Waals surface area (Å²) in [4.78, 5) is 25.5. The van der Waals surface area contributed by atoms with Gasteiger partial charge in [-0.1, -0.05) is 13.8 Å². The van der Waals surface area contributed by atoms with Gasteiger partial charge in [-0.15, -0.1) is 0 Å². The molecular weight excluding hydrogens is 306 g/mol. The number of rotatable bonds is 4. The molecule has 2 saturated carbocycles. The van der Waals surface area contributed by atoms with Gasteiger partial charge < -0.3 is 0 Å². The van der Waals surface area contributed by atoms with E-state index in [0.29, 0.717) is 17.8 Å². The first-order chi connectivity index (χ1) is 10.0. The van der Waals surface area contributed by atoms with Crippen LogP contribution in [0.3, 0.4) is 0 Å². The van der Waals surface area contributed by atoms with Crippen LogP contribution in [0, 0.1) is 23.2 Å². The maximum absolute atomic E-state index is 12.8. The number of fused-ring (bicyclic) bond motifs is 1. The summed E-state index contributed by atoms with van der Waals surface area (Å²) in [5, 5.41) is 0. The quantitative estimate of drug-likeness (QED) is 0.792. The average Bonchev–Trinajstić information content (AvgIpc) is 2.80. The zero-order valence-electron chi connectivity index (χ0n) is 13.4. The smallest absolute Gasteiger partial charge is 0.266 e. The summed E-state index contributed by atoms with van der Waals surface area (Å²) in [6.45, 7) is 5.07. The van der Waals surface area contributed by atoms with Crippen LogP contribution in [0.5, 0.6) is 0 Å². The van der Waals surface area contributed by atoms with Gasteiger partial charge >= 0.3 is 0 Å². The fraction of sp³-hybridized carbons (Fsp3) is 0.867. The lowest BCUT2D eigenvalue weighted by molar-refractivity contribution is -0.150. The molecule has 2 fully saturated rings. The van der Waals surface area contributed by atoms with Crippen molar-refractivity contribution in [3.8, 4) is 0 Å². The Balaban J connectivity index is 2.09. The normalized spacial score (nSPS) is 34.5. The standard InChI is InChI=1S/C15H25NO5S/c1-10-6-12-8-15(3,9-13(12)7-10)14(18)16(11(2)17)4-5-22(19,20)21/h10,12-13H,4-9H2,1-3H3,(H,19,20,21). The second-order valence-corrected chi connectivity index (χ2v) is 8.90. The van der Waals surface area contributed by atoms with Crippen molar-refractivity contribution in [1.29, 1.82) is 0 Å². The monoisotopic (exact) mass is 331 g/mol.